The molecule has 2 aliphatic rings. The molecule has 0 saturated carbocycles. The number of piperidine rings is 1. The lowest BCUT2D eigenvalue weighted by atomic mass is 9.97. The van der Waals surface area contributed by atoms with Gasteiger partial charge in [-0.25, -0.2) is 0 Å². The highest BCUT2D eigenvalue weighted by Crippen LogP contribution is 2.33. The fourth-order valence-corrected chi connectivity index (χ4v) is 5.46. The average Bonchev–Trinajstić information content (AvgIpc) is 3.31. The van der Waals surface area contributed by atoms with Crippen molar-refractivity contribution < 1.29 is 9.47 Å². The van der Waals surface area contributed by atoms with E-state index in [4.69, 9.17) is 9.47 Å². The van der Waals surface area contributed by atoms with E-state index in [-0.39, 0.29) is 24.0 Å². The van der Waals surface area contributed by atoms with Gasteiger partial charge >= 0.3 is 0 Å². The summed E-state index contributed by atoms with van der Waals surface area (Å²) in [5.74, 6) is 3.25. The molecule has 1 N–H and O–H groups in total. The standard InChI is InChI=1S/C24H34N4O2S.HI/c1-25-24(26-14-18-6-4-9-27(15-18)17-21-7-5-11-31-21)28-10-8-19-12-22(29-2)23(30-3)13-20(19)16-28;/h5,7,11-13,18H,4,6,8-10,14-17H2,1-3H3,(H,25,26);1H. The Kier molecular flexibility index (Phi) is 9.48. The number of ether oxygens (including phenoxy) is 2. The normalized spacial score (nSPS) is 19.2. The van der Waals surface area contributed by atoms with Crippen LogP contribution in [0.15, 0.2) is 34.6 Å². The molecule has 0 spiro atoms. The molecule has 0 radical (unpaired) electrons. The van der Waals surface area contributed by atoms with Crippen LogP contribution in [0.3, 0.4) is 0 Å². The quantitative estimate of drug-likeness (QED) is 0.320. The number of benzene rings is 1. The van der Waals surface area contributed by atoms with Crippen LogP contribution in [-0.2, 0) is 19.5 Å². The van der Waals surface area contributed by atoms with E-state index in [9.17, 15) is 0 Å². The summed E-state index contributed by atoms with van der Waals surface area (Å²) in [5.41, 5.74) is 2.62. The van der Waals surface area contributed by atoms with Crippen molar-refractivity contribution in [1.82, 2.24) is 15.1 Å². The van der Waals surface area contributed by atoms with Crippen LogP contribution in [0.5, 0.6) is 11.5 Å². The molecule has 4 rings (SSSR count). The summed E-state index contributed by atoms with van der Waals surface area (Å²) in [7, 11) is 5.27. The van der Waals surface area contributed by atoms with E-state index in [0.29, 0.717) is 5.92 Å². The minimum absolute atomic E-state index is 0. The predicted molar refractivity (Wildman–Crippen MR) is 143 cm³/mol. The molecule has 0 aliphatic carbocycles. The zero-order valence-corrected chi connectivity index (χ0v) is 22.4. The Morgan fingerprint density at radius 1 is 1.19 bits per heavy atom. The van der Waals surface area contributed by atoms with Gasteiger partial charge in [0.1, 0.15) is 0 Å². The monoisotopic (exact) mass is 570 g/mol. The first-order valence-electron chi connectivity index (χ1n) is 11.1. The smallest absolute Gasteiger partial charge is 0.193 e. The minimum Gasteiger partial charge on any atom is -0.493 e. The molecule has 8 heteroatoms. The second-order valence-corrected chi connectivity index (χ2v) is 9.43. The second kappa shape index (κ2) is 12.1. The molecule has 1 aromatic heterocycles. The van der Waals surface area contributed by atoms with Gasteiger partial charge in [-0.1, -0.05) is 6.07 Å². The number of rotatable bonds is 6. The lowest BCUT2D eigenvalue weighted by Crippen LogP contribution is -2.47. The molecular weight excluding hydrogens is 535 g/mol. The van der Waals surface area contributed by atoms with E-state index >= 15 is 0 Å². The van der Waals surface area contributed by atoms with Crippen LogP contribution in [0.25, 0.3) is 0 Å². The van der Waals surface area contributed by atoms with Gasteiger partial charge in [-0.05, 0) is 66.4 Å². The van der Waals surface area contributed by atoms with Gasteiger partial charge in [0.15, 0.2) is 17.5 Å². The summed E-state index contributed by atoms with van der Waals surface area (Å²) < 4.78 is 11.0. The molecule has 32 heavy (non-hydrogen) atoms. The van der Waals surface area contributed by atoms with Gasteiger partial charge in [0.2, 0.25) is 0 Å². The number of nitrogens with zero attached hydrogens (tertiary/aromatic N) is 3. The highest BCUT2D eigenvalue weighted by molar-refractivity contribution is 14.0. The maximum Gasteiger partial charge on any atom is 0.193 e. The van der Waals surface area contributed by atoms with Crippen molar-refractivity contribution in [2.45, 2.75) is 32.4 Å². The van der Waals surface area contributed by atoms with E-state index in [1.165, 1.54) is 35.4 Å². The summed E-state index contributed by atoms with van der Waals surface area (Å²) in [4.78, 5) is 11.0. The molecule has 1 atom stereocenters. The van der Waals surface area contributed by atoms with Crippen molar-refractivity contribution in [3.05, 3.63) is 45.6 Å². The summed E-state index contributed by atoms with van der Waals surface area (Å²) >= 11 is 1.86. The molecule has 1 unspecified atom stereocenters. The van der Waals surface area contributed by atoms with Gasteiger partial charge in [-0.2, -0.15) is 0 Å². The Morgan fingerprint density at radius 3 is 2.66 bits per heavy atom. The molecule has 2 aromatic rings. The molecule has 2 aliphatic heterocycles. The van der Waals surface area contributed by atoms with Crippen molar-refractivity contribution in [3.63, 3.8) is 0 Å². The maximum atomic E-state index is 5.51. The average molecular weight is 571 g/mol. The molecule has 0 amide bonds. The van der Waals surface area contributed by atoms with Gasteiger partial charge in [0, 0.05) is 44.6 Å². The summed E-state index contributed by atoms with van der Waals surface area (Å²) in [6.07, 6.45) is 3.54. The Balaban J connectivity index is 0.00000289. The highest BCUT2D eigenvalue weighted by atomic mass is 127. The molecule has 3 heterocycles. The number of likely N-dealkylation sites (tertiary alicyclic amines) is 1. The third-order valence-electron chi connectivity index (χ3n) is 6.34. The van der Waals surface area contributed by atoms with Gasteiger partial charge in [-0.15, -0.1) is 35.3 Å². The number of thiophene rings is 1. The number of nitrogens with one attached hydrogen (secondary N) is 1. The number of guanidine groups is 1. The van der Waals surface area contributed by atoms with E-state index in [2.05, 4.69) is 49.8 Å². The Morgan fingerprint density at radius 2 is 1.97 bits per heavy atom. The van der Waals surface area contributed by atoms with Crippen LogP contribution in [0, 0.1) is 5.92 Å². The van der Waals surface area contributed by atoms with Crippen LogP contribution < -0.4 is 14.8 Å². The lowest BCUT2D eigenvalue weighted by Gasteiger charge is -2.35. The minimum atomic E-state index is 0. The van der Waals surface area contributed by atoms with Crippen molar-refractivity contribution in [3.8, 4) is 11.5 Å². The second-order valence-electron chi connectivity index (χ2n) is 8.40. The first-order valence-corrected chi connectivity index (χ1v) is 12.0. The molecular formula is C24H35IN4O2S. The van der Waals surface area contributed by atoms with Crippen LogP contribution in [0.1, 0.15) is 28.8 Å². The number of hydrogen-bond acceptors (Lipinski definition) is 5. The Labute approximate surface area is 213 Å². The van der Waals surface area contributed by atoms with Crippen molar-refractivity contribution in [1.29, 1.82) is 0 Å². The molecule has 1 aromatic carbocycles. The number of halogens is 1. The first-order chi connectivity index (χ1) is 15.2. The van der Waals surface area contributed by atoms with Crippen molar-refractivity contribution >= 4 is 41.3 Å². The van der Waals surface area contributed by atoms with Crippen LogP contribution >= 0.6 is 35.3 Å². The Hall–Kier alpha value is -1.52. The topological polar surface area (TPSA) is 49.3 Å². The number of aliphatic imine (C=N–C) groups is 1. The molecule has 0 bridgehead atoms. The third-order valence-corrected chi connectivity index (χ3v) is 7.20. The van der Waals surface area contributed by atoms with Gasteiger partial charge in [-0.3, -0.25) is 9.89 Å². The fourth-order valence-electron chi connectivity index (χ4n) is 4.72. The van der Waals surface area contributed by atoms with Crippen molar-refractivity contribution in [2.24, 2.45) is 10.9 Å². The molecule has 6 nitrogen and oxygen atoms in total. The maximum absolute atomic E-state index is 5.51. The van der Waals surface area contributed by atoms with Gasteiger partial charge in [0.25, 0.3) is 0 Å². The molecule has 1 fully saturated rings. The first kappa shape index (κ1) is 25.1. The number of hydrogen-bond donors (Lipinski definition) is 1. The number of methoxy groups -OCH3 is 2. The summed E-state index contributed by atoms with van der Waals surface area (Å²) in [5, 5.41) is 5.84. The van der Waals surface area contributed by atoms with E-state index < -0.39 is 0 Å². The fraction of sp³-hybridized carbons (Fsp3) is 0.542. The summed E-state index contributed by atoms with van der Waals surface area (Å²) in [6, 6.07) is 8.62. The number of fused-ring (bicyclic) bond motifs is 1. The van der Waals surface area contributed by atoms with Gasteiger partial charge in [0.05, 0.1) is 14.2 Å². The summed E-state index contributed by atoms with van der Waals surface area (Å²) in [6.45, 7) is 6.21. The Bertz CT molecular complexity index is 890. The van der Waals surface area contributed by atoms with E-state index in [1.54, 1.807) is 14.2 Å². The van der Waals surface area contributed by atoms with Crippen LogP contribution in [0.4, 0.5) is 0 Å². The third kappa shape index (κ3) is 6.08. The van der Waals surface area contributed by atoms with E-state index in [0.717, 1.165) is 56.6 Å². The predicted octanol–water partition coefficient (Wildman–Crippen LogP) is 4.23. The van der Waals surface area contributed by atoms with Crippen molar-refractivity contribution in [2.75, 3.05) is 47.4 Å². The highest BCUT2D eigenvalue weighted by Gasteiger charge is 2.24. The largest absolute Gasteiger partial charge is 0.493 e. The van der Waals surface area contributed by atoms with Crippen LogP contribution in [0.2, 0.25) is 0 Å². The zero-order valence-electron chi connectivity index (χ0n) is 19.3. The molecule has 176 valence electrons. The van der Waals surface area contributed by atoms with Gasteiger partial charge < -0.3 is 19.7 Å². The van der Waals surface area contributed by atoms with E-state index in [1.807, 2.05) is 18.4 Å². The SMILES string of the molecule is CN=C(NCC1CCCN(Cc2cccs2)C1)N1CCc2cc(OC)c(OC)cc2C1.I. The lowest BCUT2D eigenvalue weighted by molar-refractivity contribution is 0.169. The zero-order chi connectivity index (χ0) is 21.6. The molecule has 1 saturated heterocycles. The van der Waals surface area contributed by atoms with Crippen LogP contribution in [-0.4, -0.2) is 63.2 Å².